The topological polar surface area (TPSA) is 134 Å². The number of hydrogen-bond acceptors (Lipinski definition) is 7. The van der Waals surface area contributed by atoms with Crippen LogP contribution in [0.1, 0.15) is 40.7 Å². The maximum atomic E-state index is 13.7. The van der Waals surface area contributed by atoms with Gasteiger partial charge in [0.25, 0.3) is 5.91 Å². The predicted octanol–water partition coefficient (Wildman–Crippen LogP) is 4.42. The minimum Gasteiger partial charge on any atom is -0.465 e. The van der Waals surface area contributed by atoms with Crippen LogP contribution >= 0.6 is 15.9 Å². The number of amides is 2. The lowest BCUT2D eigenvalue weighted by atomic mass is 9.98. The van der Waals surface area contributed by atoms with E-state index in [2.05, 4.69) is 41.4 Å². The first kappa shape index (κ1) is 23.6. The smallest absolute Gasteiger partial charge is 0.419 e. The quantitative estimate of drug-likeness (QED) is 0.464. The van der Waals surface area contributed by atoms with Crippen LogP contribution in [0.2, 0.25) is 0 Å². The van der Waals surface area contributed by atoms with Crippen molar-refractivity contribution in [1.29, 1.82) is 0 Å². The molecular formula is C20H16BrF3N6O4. The van der Waals surface area contributed by atoms with Crippen molar-refractivity contribution in [2.75, 3.05) is 18.4 Å². The molecule has 14 heteroatoms. The molecule has 1 fully saturated rings. The zero-order valence-electron chi connectivity index (χ0n) is 17.2. The summed E-state index contributed by atoms with van der Waals surface area (Å²) in [5.41, 5.74) is -1.37. The average molecular weight is 541 g/mol. The highest BCUT2D eigenvalue weighted by Crippen LogP contribution is 2.36. The Morgan fingerprint density at radius 1 is 1.26 bits per heavy atom. The molecule has 3 aromatic heterocycles. The van der Waals surface area contributed by atoms with E-state index in [9.17, 15) is 27.9 Å². The van der Waals surface area contributed by atoms with Crippen molar-refractivity contribution < 1.29 is 32.4 Å². The Bertz CT molecular complexity index is 1240. The molecule has 1 aliphatic heterocycles. The van der Waals surface area contributed by atoms with Crippen molar-refractivity contribution in [2.24, 2.45) is 0 Å². The highest BCUT2D eigenvalue weighted by Gasteiger charge is 2.36. The van der Waals surface area contributed by atoms with Gasteiger partial charge in [0.15, 0.2) is 0 Å². The van der Waals surface area contributed by atoms with E-state index in [1.807, 2.05) is 0 Å². The molecule has 2 amide bonds. The molecule has 34 heavy (non-hydrogen) atoms. The second-order valence-electron chi connectivity index (χ2n) is 7.44. The first-order valence-corrected chi connectivity index (χ1v) is 10.7. The molecule has 0 aliphatic carbocycles. The van der Waals surface area contributed by atoms with Crippen molar-refractivity contribution in [3.05, 3.63) is 52.2 Å². The van der Waals surface area contributed by atoms with Crippen LogP contribution < -0.4 is 5.32 Å². The predicted molar refractivity (Wildman–Crippen MR) is 114 cm³/mol. The van der Waals surface area contributed by atoms with Crippen LogP contribution in [0.3, 0.4) is 0 Å². The lowest BCUT2D eigenvalue weighted by molar-refractivity contribution is -0.137. The molecule has 0 spiro atoms. The minimum atomic E-state index is -4.84. The molecule has 0 aromatic carbocycles. The molecule has 10 nitrogen and oxygen atoms in total. The Morgan fingerprint density at radius 3 is 2.76 bits per heavy atom. The second-order valence-corrected chi connectivity index (χ2v) is 8.25. The number of carbonyl (C=O) groups excluding carboxylic acids is 1. The molecule has 178 valence electrons. The fraction of sp³-hybridized carbons (Fsp3) is 0.300. The summed E-state index contributed by atoms with van der Waals surface area (Å²) in [6, 6.07) is 5.19. The molecule has 0 unspecified atom stereocenters. The lowest BCUT2D eigenvalue weighted by Gasteiger charge is -2.28. The number of nitrogens with zero attached hydrogens (tertiary/aromatic N) is 5. The van der Waals surface area contributed by atoms with E-state index in [4.69, 9.17) is 4.52 Å². The van der Waals surface area contributed by atoms with Crippen molar-refractivity contribution in [1.82, 2.24) is 25.0 Å². The number of nitrogens with one attached hydrogen (secondary N) is 1. The van der Waals surface area contributed by atoms with Gasteiger partial charge in [-0.05, 0) is 47.0 Å². The van der Waals surface area contributed by atoms with Crippen LogP contribution in [0.25, 0.3) is 11.4 Å². The number of rotatable bonds is 4. The summed E-state index contributed by atoms with van der Waals surface area (Å²) >= 11 is 3.10. The number of carbonyl (C=O) groups is 2. The number of aromatic nitrogens is 4. The molecule has 4 rings (SSSR count). The van der Waals surface area contributed by atoms with Gasteiger partial charge in [0, 0.05) is 24.8 Å². The van der Waals surface area contributed by atoms with Gasteiger partial charge in [-0.3, -0.25) is 4.79 Å². The van der Waals surface area contributed by atoms with Crippen LogP contribution in [0.4, 0.5) is 23.8 Å². The number of piperidine rings is 1. The van der Waals surface area contributed by atoms with Crippen molar-refractivity contribution >= 4 is 33.7 Å². The van der Waals surface area contributed by atoms with E-state index in [1.54, 1.807) is 6.07 Å². The summed E-state index contributed by atoms with van der Waals surface area (Å²) in [6.07, 6.45) is -3.63. The van der Waals surface area contributed by atoms with Crippen LogP contribution in [0, 0.1) is 0 Å². The first-order chi connectivity index (χ1) is 16.1. The van der Waals surface area contributed by atoms with Gasteiger partial charge < -0.3 is 19.8 Å². The van der Waals surface area contributed by atoms with Gasteiger partial charge in [-0.2, -0.15) is 18.2 Å². The van der Waals surface area contributed by atoms with Crippen molar-refractivity contribution in [3.63, 3.8) is 0 Å². The summed E-state index contributed by atoms with van der Waals surface area (Å²) in [4.78, 5) is 36.6. The van der Waals surface area contributed by atoms with Crippen LogP contribution in [-0.2, 0) is 6.18 Å². The number of alkyl halides is 3. The Labute approximate surface area is 198 Å². The van der Waals surface area contributed by atoms with E-state index in [0.717, 1.165) is 12.3 Å². The highest BCUT2D eigenvalue weighted by atomic mass is 79.9. The van der Waals surface area contributed by atoms with E-state index >= 15 is 0 Å². The maximum Gasteiger partial charge on any atom is 0.419 e. The molecule has 0 bridgehead atoms. The van der Waals surface area contributed by atoms with Gasteiger partial charge >= 0.3 is 12.3 Å². The molecule has 1 aliphatic rings. The Morgan fingerprint density at radius 2 is 2.06 bits per heavy atom. The largest absolute Gasteiger partial charge is 0.465 e. The third-order valence-electron chi connectivity index (χ3n) is 5.11. The van der Waals surface area contributed by atoms with Crippen molar-refractivity contribution in [2.45, 2.75) is 24.9 Å². The Kier molecular flexibility index (Phi) is 6.50. The summed E-state index contributed by atoms with van der Waals surface area (Å²) < 4.78 is 46.8. The second kappa shape index (κ2) is 9.37. The third kappa shape index (κ3) is 5.16. The zero-order valence-corrected chi connectivity index (χ0v) is 18.8. The van der Waals surface area contributed by atoms with Crippen LogP contribution in [0.5, 0.6) is 0 Å². The van der Waals surface area contributed by atoms with E-state index in [1.165, 1.54) is 17.0 Å². The van der Waals surface area contributed by atoms with E-state index < -0.39 is 29.6 Å². The summed E-state index contributed by atoms with van der Waals surface area (Å²) in [5.74, 6) is -1.93. The van der Waals surface area contributed by atoms with Gasteiger partial charge in [-0.1, -0.05) is 11.2 Å². The van der Waals surface area contributed by atoms with Crippen LogP contribution in [-0.4, -0.2) is 55.2 Å². The molecule has 2 N–H and O–H groups in total. The van der Waals surface area contributed by atoms with E-state index in [0.29, 0.717) is 24.0 Å². The number of pyridine rings is 2. The van der Waals surface area contributed by atoms with Gasteiger partial charge in [-0.25, -0.2) is 14.8 Å². The Hall–Kier alpha value is -3.55. The van der Waals surface area contributed by atoms with Crippen molar-refractivity contribution in [3.8, 4) is 11.4 Å². The van der Waals surface area contributed by atoms with Crippen LogP contribution in [0.15, 0.2) is 39.6 Å². The molecule has 1 atom stereocenters. The monoisotopic (exact) mass is 540 g/mol. The van der Waals surface area contributed by atoms with Gasteiger partial charge in [0.1, 0.15) is 16.1 Å². The maximum absolute atomic E-state index is 13.7. The lowest BCUT2D eigenvalue weighted by Crippen LogP contribution is -2.38. The molecule has 4 heterocycles. The number of likely N-dealkylation sites (tertiary alicyclic amines) is 1. The number of anilines is 1. The minimum absolute atomic E-state index is 0.0770. The SMILES string of the molecule is O=C(Nc1ncc(-c2noc([C@H]3CCCN(C(=O)O)C3)n2)cc1C(F)(F)F)c1cccc(Br)n1. The zero-order chi connectivity index (χ0) is 24.5. The summed E-state index contributed by atoms with van der Waals surface area (Å²) in [7, 11) is 0. The van der Waals surface area contributed by atoms with Gasteiger partial charge in [0.05, 0.1) is 11.5 Å². The standard InChI is InChI=1S/C20H16BrF3N6O4/c21-14-5-1-4-13(26-14)17(31)27-16-12(20(22,23)24)7-11(8-25-16)15-28-18(34-29-15)10-3-2-6-30(9-10)19(32)33/h1,4-5,7-8,10H,2-3,6,9H2,(H,32,33)(H,25,27,31)/t10-/m0/s1. The van der Waals surface area contributed by atoms with Gasteiger partial charge in [-0.15, -0.1) is 0 Å². The van der Waals surface area contributed by atoms with Gasteiger partial charge in [0.2, 0.25) is 11.7 Å². The molecular weight excluding hydrogens is 525 g/mol. The fourth-order valence-corrected chi connectivity index (χ4v) is 3.82. The molecule has 0 saturated carbocycles. The van der Waals surface area contributed by atoms with E-state index in [-0.39, 0.29) is 35.4 Å². The number of hydrogen-bond donors (Lipinski definition) is 2. The first-order valence-electron chi connectivity index (χ1n) is 9.95. The molecule has 0 radical (unpaired) electrons. The molecule has 3 aromatic rings. The summed E-state index contributed by atoms with van der Waals surface area (Å²) in [5, 5.41) is 15.0. The normalized spacial score (nSPS) is 16.4. The molecule has 1 saturated heterocycles. The number of halogens is 4. The third-order valence-corrected chi connectivity index (χ3v) is 5.56. The fourth-order valence-electron chi connectivity index (χ4n) is 3.48. The number of carboxylic acid groups (broad SMARTS) is 1. The average Bonchev–Trinajstić information content (AvgIpc) is 3.29. The highest BCUT2D eigenvalue weighted by molar-refractivity contribution is 9.10. The Balaban J connectivity index is 1.59. The summed E-state index contributed by atoms with van der Waals surface area (Å²) in [6.45, 7) is 0.534.